The normalized spacial score (nSPS) is 12.7. The van der Waals surface area contributed by atoms with Gasteiger partial charge in [0.25, 0.3) is 5.91 Å². The molecule has 1 aromatic heterocycles. The van der Waals surface area contributed by atoms with Crippen molar-refractivity contribution in [3.63, 3.8) is 0 Å². The van der Waals surface area contributed by atoms with Crippen molar-refractivity contribution in [1.82, 2.24) is 8.87 Å². The minimum Gasteiger partial charge on any atom is -0.380 e. The summed E-state index contributed by atoms with van der Waals surface area (Å²) in [6, 6.07) is 12.0. The van der Waals surface area contributed by atoms with Crippen molar-refractivity contribution in [2.24, 2.45) is 4.99 Å². The highest BCUT2D eigenvalue weighted by Gasteiger charge is 2.21. The number of carbonyl (C=O) groups excluding carboxylic acids is 1. The number of thiazole rings is 1. The first-order chi connectivity index (χ1) is 15.3. The lowest BCUT2D eigenvalue weighted by molar-refractivity contribution is 0.0996. The molecule has 2 aromatic carbocycles. The largest absolute Gasteiger partial charge is 0.380 e. The highest BCUT2D eigenvalue weighted by atomic mass is 32.2. The van der Waals surface area contributed by atoms with E-state index in [1.807, 2.05) is 36.6 Å². The topological polar surface area (TPSA) is 81.0 Å². The quantitative estimate of drug-likeness (QED) is 0.441. The molecule has 1 heterocycles. The summed E-state index contributed by atoms with van der Waals surface area (Å²) in [4.78, 5) is 18.0. The molecule has 0 unspecified atom stereocenters. The molecular formula is C23H29N3O4S2. The van der Waals surface area contributed by atoms with Crippen LogP contribution in [0.2, 0.25) is 0 Å². The highest BCUT2D eigenvalue weighted by molar-refractivity contribution is 7.89. The lowest BCUT2D eigenvalue weighted by Crippen LogP contribution is -2.30. The Bertz CT molecular complexity index is 1250. The Kier molecular flexibility index (Phi) is 8.00. The molecule has 3 aromatic rings. The van der Waals surface area contributed by atoms with E-state index < -0.39 is 15.9 Å². The zero-order valence-electron chi connectivity index (χ0n) is 18.9. The number of carbonyl (C=O) groups is 1. The van der Waals surface area contributed by atoms with Crippen molar-refractivity contribution in [2.75, 3.05) is 26.3 Å². The van der Waals surface area contributed by atoms with E-state index in [4.69, 9.17) is 4.74 Å². The zero-order chi connectivity index (χ0) is 23.3. The third kappa shape index (κ3) is 5.01. The first-order valence-corrected chi connectivity index (χ1v) is 12.9. The van der Waals surface area contributed by atoms with Crippen molar-refractivity contribution in [3.05, 3.63) is 58.4 Å². The maximum absolute atomic E-state index is 12.9. The molecule has 0 aliphatic rings. The van der Waals surface area contributed by atoms with Crippen molar-refractivity contribution >= 4 is 37.5 Å². The fourth-order valence-corrected chi connectivity index (χ4v) is 6.12. The van der Waals surface area contributed by atoms with Gasteiger partial charge in [-0.15, -0.1) is 0 Å². The van der Waals surface area contributed by atoms with E-state index in [1.165, 1.54) is 39.9 Å². The fraction of sp³-hybridized carbons (Fsp3) is 0.391. The standard InChI is InChI=1S/C23H29N3O4S2/c1-5-25(6-2)32(28,29)19-13-11-18(12-14-19)22(27)24-23-26(15-16-30-7-3)21-17(4)9-8-10-20(21)31-23/h8-14H,5-7,15-16H2,1-4H3. The first kappa shape index (κ1) is 24.3. The molecule has 0 fully saturated rings. The molecule has 0 radical (unpaired) electrons. The van der Waals surface area contributed by atoms with Gasteiger partial charge in [0.1, 0.15) is 0 Å². The smallest absolute Gasteiger partial charge is 0.279 e. The average molecular weight is 476 g/mol. The van der Waals surface area contributed by atoms with E-state index in [2.05, 4.69) is 4.99 Å². The third-order valence-electron chi connectivity index (χ3n) is 5.21. The lowest BCUT2D eigenvalue weighted by atomic mass is 10.2. The van der Waals surface area contributed by atoms with E-state index in [0.717, 1.165) is 15.8 Å². The number of para-hydroxylation sites is 1. The Balaban J connectivity index is 1.98. The van der Waals surface area contributed by atoms with Gasteiger partial charge in [0.15, 0.2) is 4.80 Å². The van der Waals surface area contributed by atoms with Crippen molar-refractivity contribution in [1.29, 1.82) is 0 Å². The second kappa shape index (κ2) is 10.5. The van der Waals surface area contributed by atoms with Gasteiger partial charge in [0, 0.05) is 31.8 Å². The first-order valence-electron chi connectivity index (χ1n) is 10.7. The maximum atomic E-state index is 12.9. The van der Waals surface area contributed by atoms with Gasteiger partial charge in [-0.05, 0) is 49.7 Å². The SMILES string of the molecule is CCOCCn1c(=NC(=O)c2ccc(S(=O)(=O)N(CC)CC)cc2)sc2cccc(C)c21. The second-order valence-electron chi connectivity index (χ2n) is 7.19. The number of nitrogens with zero attached hydrogens (tertiary/aromatic N) is 3. The predicted octanol–water partition coefficient (Wildman–Crippen LogP) is 3.82. The van der Waals surface area contributed by atoms with Gasteiger partial charge < -0.3 is 9.30 Å². The number of hydrogen-bond donors (Lipinski definition) is 0. The van der Waals surface area contributed by atoms with Gasteiger partial charge >= 0.3 is 0 Å². The molecule has 9 heteroatoms. The number of rotatable bonds is 9. The molecule has 32 heavy (non-hydrogen) atoms. The summed E-state index contributed by atoms with van der Waals surface area (Å²) < 4.78 is 35.3. The van der Waals surface area contributed by atoms with E-state index in [9.17, 15) is 13.2 Å². The summed E-state index contributed by atoms with van der Waals surface area (Å²) in [6.07, 6.45) is 0. The number of benzene rings is 2. The number of aryl methyl sites for hydroxylation is 1. The van der Waals surface area contributed by atoms with Crippen molar-refractivity contribution in [2.45, 2.75) is 39.1 Å². The van der Waals surface area contributed by atoms with Gasteiger partial charge in [0.2, 0.25) is 10.0 Å². The molecule has 0 saturated carbocycles. The molecule has 0 spiro atoms. The monoisotopic (exact) mass is 475 g/mol. The summed E-state index contributed by atoms with van der Waals surface area (Å²) >= 11 is 1.45. The average Bonchev–Trinajstić information content (AvgIpc) is 3.13. The molecule has 7 nitrogen and oxygen atoms in total. The molecule has 0 atom stereocenters. The van der Waals surface area contributed by atoms with Gasteiger partial charge in [-0.2, -0.15) is 9.30 Å². The van der Waals surface area contributed by atoms with E-state index >= 15 is 0 Å². The summed E-state index contributed by atoms with van der Waals surface area (Å²) in [5.74, 6) is -0.411. The summed E-state index contributed by atoms with van der Waals surface area (Å²) in [6.45, 7) is 10.1. The minimum atomic E-state index is -3.57. The van der Waals surface area contributed by atoms with E-state index in [-0.39, 0.29) is 4.90 Å². The Morgan fingerprint density at radius 1 is 1.09 bits per heavy atom. The predicted molar refractivity (Wildman–Crippen MR) is 127 cm³/mol. The summed E-state index contributed by atoms with van der Waals surface area (Å²) in [7, 11) is -3.57. The number of ether oxygens (including phenoxy) is 1. The number of hydrogen-bond acceptors (Lipinski definition) is 5. The van der Waals surface area contributed by atoms with Crippen LogP contribution in [0.1, 0.15) is 36.7 Å². The fourth-order valence-electron chi connectivity index (χ4n) is 3.53. The highest BCUT2D eigenvalue weighted by Crippen LogP contribution is 2.21. The maximum Gasteiger partial charge on any atom is 0.279 e. The zero-order valence-corrected chi connectivity index (χ0v) is 20.5. The van der Waals surface area contributed by atoms with Crippen LogP contribution in [0.5, 0.6) is 0 Å². The van der Waals surface area contributed by atoms with E-state index in [0.29, 0.717) is 43.2 Å². The minimum absolute atomic E-state index is 0.169. The number of fused-ring (bicyclic) bond motifs is 1. The van der Waals surface area contributed by atoms with Crippen LogP contribution in [0.15, 0.2) is 52.4 Å². The Morgan fingerprint density at radius 3 is 2.41 bits per heavy atom. The number of amides is 1. The molecule has 0 N–H and O–H groups in total. The van der Waals surface area contributed by atoms with Gasteiger partial charge in [-0.1, -0.05) is 37.3 Å². The molecule has 0 saturated heterocycles. The lowest BCUT2D eigenvalue weighted by Gasteiger charge is -2.18. The van der Waals surface area contributed by atoms with Gasteiger partial charge in [0.05, 0.1) is 21.7 Å². The Hall–Kier alpha value is -2.33. The van der Waals surface area contributed by atoms with Crippen LogP contribution in [0.4, 0.5) is 0 Å². The van der Waals surface area contributed by atoms with Crippen LogP contribution < -0.4 is 4.80 Å². The van der Waals surface area contributed by atoms with Crippen LogP contribution in [-0.2, 0) is 21.3 Å². The van der Waals surface area contributed by atoms with Crippen molar-refractivity contribution in [3.8, 4) is 0 Å². The van der Waals surface area contributed by atoms with E-state index in [1.54, 1.807) is 13.8 Å². The third-order valence-corrected chi connectivity index (χ3v) is 8.32. The molecule has 0 aliphatic heterocycles. The molecule has 3 rings (SSSR count). The number of sulfonamides is 1. The van der Waals surface area contributed by atoms with Gasteiger partial charge in [-0.25, -0.2) is 8.42 Å². The van der Waals surface area contributed by atoms with Crippen LogP contribution in [0.25, 0.3) is 10.2 Å². The second-order valence-corrected chi connectivity index (χ2v) is 10.1. The molecular weight excluding hydrogens is 446 g/mol. The van der Waals surface area contributed by atoms with Gasteiger partial charge in [-0.3, -0.25) is 4.79 Å². The van der Waals surface area contributed by atoms with Crippen LogP contribution in [0, 0.1) is 6.92 Å². The molecule has 0 bridgehead atoms. The molecule has 1 amide bonds. The Morgan fingerprint density at radius 2 is 1.78 bits per heavy atom. The van der Waals surface area contributed by atoms with Crippen LogP contribution >= 0.6 is 11.3 Å². The molecule has 172 valence electrons. The number of aromatic nitrogens is 1. The van der Waals surface area contributed by atoms with Crippen LogP contribution in [0.3, 0.4) is 0 Å². The molecule has 0 aliphatic carbocycles. The Labute approximate surface area is 193 Å². The van der Waals surface area contributed by atoms with Crippen LogP contribution in [-0.4, -0.2) is 49.5 Å². The summed E-state index contributed by atoms with van der Waals surface area (Å²) in [5, 5.41) is 0. The van der Waals surface area contributed by atoms with Crippen molar-refractivity contribution < 1.29 is 17.9 Å². The summed E-state index contributed by atoms with van der Waals surface area (Å²) in [5.41, 5.74) is 2.49.